The number of rotatable bonds is 2. The van der Waals surface area contributed by atoms with Crippen molar-refractivity contribution in [2.75, 3.05) is 31.1 Å². The van der Waals surface area contributed by atoms with Gasteiger partial charge < -0.3 is 14.8 Å². The van der Waals surface area contributed by atoms with E-state index in [9.17, 15) is 0 Å². The monoisotopic (exact) mass is 271 g/mol. The van der Waals surface area contributed by atoms with Gasteiger partial charge in [-0.3, -0.25) is 0 Å². The van der Waals surface area contributed by atoms with E-state index in [4.69, 9.17) is 0 Å². The molecule has 0 atom stereocenters. The SMILES string of the molecule is Cc1c(N2CCNCC2)c2cc(C(C)C)ccc2n1C. The number of hydrogen-bond acceptors (Lipinski definition) is 2. The van der Waals surface area contributed by atoms with Gasteiger partial charge in [0.25, 0.3) is 0 Å². The molecular weight excluding hydrogens is 246 g/mol. The number of anilines is 1. The maximum absolute atomic E-state index is 3.44. The van der Waals surface area contributed by atoms with Crippen molar-refractivity contribution in [2.24, 2.45) is 7.05 Å². The van der Waals surface area contributed by atoms with Gasteiger partial charge in [-0.2, -0.15) is 0 Å². The standard InChI is InChI=1S/C17H25N3/c1-12(2)14-5-6-16-15(11-14)17(13(3)19(16)4)20-9-7-18-8-10-20/h5-6,11-12,18H,7-10H2,1-4H3. The molecule has 0 amide bonds. The zero-order valence-electron chi connectivity index (χ0n) is 13.0. The Kier molecular flexibility index (Phi) is 3.47. The zero-order chi connectivity index (χ0) is 14.3. The van der Waals surface area contributed by atoms with Gasteiger partial charge in [0.15, 0.2) is 0 Å². The molecular formula is C17H25N3. The van der Waals surface area contributed by atoms with E-state index in [0.717, 1.165) is 26.2 Å². The molecule has 1 fully saturated rings. The highest BCUT2D eigenvalue weighted by Gasteiger charge is 2.20. The van der Waals surface area contributed by atoms with E-state index in [1.807, 2.05) is 0 Å². The van der Waals surface area contributed by atoms with E-state index >= 15 is 0 Å². The first kappa shape index (κ1) is 13.5. The Morgan fingerprint density at radius 2 is 1.85 bits per heavy atom. The average molecular weight is 271 g/mol. The molecule has 3 heteroatoms. The summed E-state index contributed by atoms with van der Waals surface area (Å²) in [6.45, 7) is 11.1. The molecule has 2 aromatic rings. The highest BCUT2D eigenvalue weighted by atomic mass is 15.2. The van der Waals surface area contributed by atoms with Crippen LogP contribution >= 0.6 is 0 Å². The van der Waals surface area contributed by atoms with Gasteiger partial charge >= 0.3 is 0 Å². The van der Waals surface area contributed by atoms with Crippen LogP contribution in [-0.2, 0) is 7.05 Å². The van der Waals surface area contributed by atoms with Crippen LogP contribution in [0.4, 0.5) is 5.69 Å². The summed E-state index contributed by atoms with van der Waals surface area (Å²) in [6, 6.07) is 6.95. The summed E-state index contributed by atoms with van der Waals surface area (Å²) < 4.78 is 2.33. The van der Waals surface area contributed by atoms with Gasteiger partial charge in [0, 0.05) is 44.3 Å². The van der Waals surface area contributed by atoms with Crippen LogP contribution in [0.15, 0.2) is 18.2 Å². The minimum Gasteiger partial charge on any atom is -0.367 e. The Morgan fingerprint density at radius 1 is 1.15 bits per heavy atom. The van der Waals surface area contributed by atoms with Crippen molar-refractivity contribution in [3.63, 3.8) is 0 Å². The maximum atomic E-state index is 3.44. The molecule has 1 saturated heterocycles. The van der Waals surface area contributed by atoms with Crippen molar-refractivity contribution in [1.29, 1.82) is 0 Å². The van der Waals surface area contributed by atoms with E-state index in [1.54, 1.807) is 0 Å². The van der Waals surface area contributed by atoms with Gasteiger partial charge in [-0.15, -0.1) is 0 Å². The summed E-state index contributed by atoms with van der Waals surface area (Å²) in [5, 5.41) is 4.85. The molecule has 1 aromatic heterocycles. The summed E-state index contributed by atoms with van der Waals surface area (Å²) in [4.78, 5) is 2.54. The summed E-state index contributed by atoms with van der Waals surface area (Å²) in [7, 11) is 2.18. The zero-order valence-corrected chi connectivity index (χ0v) is 13.0. The number of hydrogen-bond donors (Lipinski definition) is 1. The van der Waals surface area contributed by atoms with Crippen LogP contribution in [0.3, 0.4) is 0 Å². The molecule has 1 N–H and O–H groups in total. The quantitative estimate of drug-likeness (QED) is 0.906. The number of fused-ring (bicyclic) bond motifs is 1. The van der Waals surface area contributed by atoms with Gasteiger partial charge in [-0.05, 0) is 30.5 Å². The molecule has 1 aliphatic heterocycles. The topological polar surface area (TPSA) is 20.2 Å². The van der Waals surface area contributed by atoms with Crippen LogP contribution in [-0.4, -0.2) is 30.7 Å². The fourth-order valence-corrected chi connectivity index (χ4v) is 3.22. The number of nitrogens with one attached hydrogen (secondary N) is 1. The minimum absolute atomic E-state index is 0.579. The molecule has 3 rings (SSSR count). The fourth-order valence-electron chi connectivity index (χ4n) is 3.22. The van der Waals surface area contributed by atoms with E-state index in [1.165, 1.54) is 27.8 Å². The first-order valence-corrected chi connectivity index (χ1v) is 7.64. The number of nitrogens with zero attached hydrogens (tertiary/aromatic N) is 2. The predicted octanol–water partition coefficient (Wildman–Crippen LogP) is 3.02. The molecule has 0 bridgehead atoms. The Balaban J connectivity index is 2.17. The first-order valence-electron chi connectivity index (χ1n) is 7.64. The van der Waals surface area contributed by atoms with Gasteiger partial charge in [-0.1, -0.05) is 19.9 Å². The summed E-state index contributed by atoms with van der Waals surface area (Å²) >= 11 is 0. The van der Waals surface area contributed by atoms with Crippen LogP contribution < -0.4 is 10.2 Å². The minimum atomic E-state index is 0.579. The number of aryl methyl sites for hydroxylation is 1. The second-order valence-corrected chi connectivity index (χ2v) is 6.16. The lowest BCUT2D eigenvalue weighted by atomic mass is 10.0. The molecule has 20 heavy (non-hydrogen) atoms. The normalized spacial score (nSPS) is 16.4. The molecule has 0 radical (unpaired) electrons. The van der Waals surface area contributed by atoms with Crippen molar-refractivity contribution in [2.45, 2.75) is 26.7 Å². The van der Waals surface area contributed by atoms with Gasteiger partial charge in [0.1, 0.15) is 0 Å². The lowest BCUT2D eigenvalue weighted by Gasteiger charge is -2.30. The van der Waals surface area contributed by atoms with Crippen LogP contribution in [0.5, 0.6) is 0 Å². The Bertz CT molecular complexity index is 619. The van der Waals surface area contributed by atoms with Crippen molar-refractivity contribution in [1.82, 2.24) is 9.88 Å². The molecule has 1 aliphatic rings. The Hall–Kier alpha value is -1.48. The second-order valence-electron chi connectivity index (χ2n) is 6.16. The van der Waals surface area contributed by atoms with Crippen LogP contribution in [0.25, 0.3) is 10.9 Å². The van der Waals surface area contributed by atoms with E-state index < -0.39 is 0 Å². The fraction of sp³-hybridized carbons (Fsp3) is 0.529. The Morgan fingerprint density at radius 3 is 2.50 bits per heavy atom. The lowest BCUT2D eigenvalue weighted by Crippen LogP contribution is -2.43. The maximum Gasteiger partial charge on any atom is 0.0657 e. The van der Waals surface area contributed by atoms with Gasteiger partial charge in [-0.25, -0.2) is 0 Å². The van der Waals surface area contributed by atoms with E-state index in [2.05, 4.69) is 60.8 Å². The molecule has 0 saturated carbocycles. The summed E-state index contributed by atoms with van der Waals surface area (Å²) in [6.07, 6.45) is 0. The third kappa shape index (κ3) is 2.10. The highest BCUT2D eigenvalue weighted by Crippen LogP contribution is 2.35. The lowest BCUT2D eigenvalue weighted by molar-refractivity contribution is 0.589. The van der Waals surface area contributed by atoms with Crippen LogP contribution in [0, 0.1) is 6.92 Å². The van der Waals surface area contributed by atoms with Crippen molar-refractivity contribution < 1.29 is 0 Å². The summed E-state index contributed by atoms with van der Waals surface area (Å²) in [5.41, 5.74) is 5.59. The average Bonchev–Trinajstić information content (AvgIpc) is 2.71. The molecule has 2 heterocycles. The molecule has 108 valence electrons. The smallest absolute Gasteiger partial charge is 0.0657 e. The van der Waals surface area contributed by atoms with Crippen molar-refractivity contribution in [3.05, 3.63) is 29.5 Å². The Labute approximate surface area is 121 Å². The van der Waals surface area contributed by atoms with Crippen LogP contribution in [0.2, 0.25) is 0 Å². The van der Waals surface area contributed by atoms with Crippen LogP contribution in [0.1, 0.15) is 31.0 Å². The first-order chi connectivity index (χ1) is 9.59. The second kappa shape index (κ2) is 5.13. The van der Waals surface area contributed by atoms with E-state index in [0.29, 0.717) is 5.92 Å². The third-order valence-corrected chi connectivity index (χ3v) is 4.58. The molecule has 3 nitrogen and oxygen atoms in total. The number of piperazine rings is 1. The molecule has 0 spiro atoms. The largest absolute Gasteiger partial charge is 0.367 e. The highest BCUT2D eigenvalue weighted by molar-refractivity contribution is 5.96. The van der Waals surface area contributed by atoms with Gasteiger partial charge in [0.2, 0.25) is 0 Å². The van der Waals surface area contributed by atoms with Gasteiger partial charge in [0.05, 0.1) is 11.2 Å². The van der Waals surface area contributed by atoms with E-state index in [-0.39, 0.29) is 0 Å². The summed E-state index contributed by atoms with van der Waals surface area (Å²) in [5.74, 6) is 0.579. The van der Waals surface area contributed by atoms with Crippen molar-refractivity contribution in [3.8, 4) is 0 Å². The molecule has 1 aromatic carbocycles. The third-order valence-electron chi connectivity index (χ3n) is 4.58. The predicted molar refractivity (Wildman–Crippen MR) is 86.8 cm³/mol. The number of aromatic nitrogens is 1. The van der Waals surface area contributed by atoms with Crippen molar-refractivity contribution >= 4 is 16.6 Å². The number of benzene rings is 1. The molecule has 0 aliphatic carbocycles. The molecule has 0 unspecified atom stereocenters.